The van der Waals surface area contributed by atoms with Crippen molar-refractivity contribution in [3.63, 3.8) is 0 Å². The lowest BCUT2D eigenvalue weighted by Crippen LogP contribution is -2.05. The molecule has 0 aliphatic heterocycles. The molecule has 1 heterocycles. The van der Waals surface area contributed by atoms with Crippen molar-refractivity contribution in [2.24, 2.45) is 0 Å². The lowest BCUT2D eigenvalue weighted by Gasteiger charge is -2.10. The molecule has 0 atom stereocenters. The molecule has 0 fully saturated rings. The minimum absolute atomic E-state index is 0.00309. The second kappa shape index (κ2) is 4.32. The molecule has 76 valence electrons. The Balaban J connectivity index is 3.42. The van der Waals surface area contributed by atoms with Crippen LogP contribution in [0.4, 0.5) is 14.5 Å². The van der Waals surface area contributed by atoms with Gasteiger partial charge >= 0.3 is 0 Å². The molecule has 14 heavy (non-hydrogen) atoms. The van der Waals surface area contributed by atoms with Gasteiger partial charge in [-0.25, -0.2) is 8.78 Å². The van der Waals surface area contributed by atoms with Crippen LogP contribution in [-0.2, 0) is 5.88 Å². The molecule has 1 aromatic heterocycles. The first kappa shape index (κ1) is 10.8. The van der Waals surface area contributed by atoms with Crippen molar-refractivity contribution in [3.8, 4) is 0 Å². The Kier molecular flexibility index (Phi) is 3.35. The topological polar surface area (TPSA) is 56.0 Å². The molecule has 3 nitrogen and oxygen atoms in total. The maximum Gasteiger partial charge on any atom is 0.266 e. The molecule has 6 heteroatoms. The van der Waals surface area contributed by atoms with E-state index in [1.807, 2.05) is 0 Å². The van der Waals surface area contributed by atoms with Crippen molar-refractivity contribution in [2.45, 2.75) is 12.3 Å². The van der Waals surface area contributed by atoms with Gasteiger partial charge < -0.3 is 5.73 Å². The average Bonchev–Trinajstić information content (AvgIpc) is 2.16. The number of nitrogens with two attached hydrogens (primary N) is 1. The van der Waals surface area contributed by atoms with Crippen molar-refractivity contribution in [3.05, 3.63) is 23.0 Å². The molecule has 0 aromatic carbocycles. The van der Waals surface area contributed by atoms with Crippen LogP contribution < -0.4 is 5.73 Å². The molecule has 2 N–H and O–H groups in total. The Labute approximate surface area is 83.9 Å². The van der Waals surface area contributed by atoms with Gasteiger partial charge in [-0.2, -0.15) is 0 Å². The molecule has 0 aliphatic carbocycles. The summed E-state index contributed by atoms with van der Waals surface area (Å²) in [6.45, 7) is 0. The van der Waals surface area contributed by atoms with Crippen LogP contribution in [0.5, 0.6) is 0 Å². The van der Waals surface area contributed by atoms with Gasteiger partial charge in [0, 0.05) is 11.1 Å². The number of aromatic nitrogens is 1. The number of rotatable bonds is 3. The van der Waals surface area contributed by atoms with Gasteiger partial charge in [0.05, 0.1) is 17.8 Å². The van der Waals surface area contributed by atoms with E-state index in [0.717, 1.165) is 6.20 Å². The average molecular weight is 221 g/mol. The van der Waals surface area contributed by atoms with Crippen LogP contribution in [-0.4, -0.2) is 11.3 Å². The highest BCUT2D eigenvalue weighted by atomic mass is 35.5. The number of hydrogen-bond donors (Lipinski definition) is 1. The highest BCUT2D eigenvalue weighted by Crippen LogP contribution is 2.30. The van der Waals surface area contributed by atoms with Crippen molar-refractivity contribution >= 4 is 23.6 Å². The first-order valence-electron chi connectivity index (χ1n) is 3.68. The molecular formula is C8H7ClF2N2O. The summed E-state index contributed by atoms with van der Waals surface area (Å²) < 4.78 is 25.0. The number of nitrogens with zero attached hydrogens (tertiary/aromatic N) is 1. The van der Waals surface area contributed by atoms with E-state index >= 15 is 0 Å². The molecule has 0 radical (unpaired) electrons. The number of aldehydes is 1. The number of carbonyl (C=O) groups excluding carboxylic acids is 1. The van der Waals surface area contributed by atoms with Gasteiger partial charge in [0.2, 0.25) is 0 Å². The summed E-state index contributed by atoms with van der Waals surface area (Å²) in [7, 11) is 0. The van der Waals surface area contributed by atoms with E-state index in [1.165, 1.54) is 0 Å². The van der Waals surface area contributed by atoms with Gasteiger partial charge in [0.15, 0.2) is 6.29 Å². The lowest BCUT2D eigenvalue weighted by molar-refractivity contribution is 0.111. The lowest BCUT2D eigenvalue weighted by atomic mass is 10.1. The number of carbonyl (C=O) groups is 1. The third-order valence-corrected chi connectivity index (χ3v) is 2.02. The maximum atomic E-state index is 12.5. The van der Waals surface area contributed by atoms with Gasteiger partial charge in [0.1, 0.15) is 5.69 Å². The summed E-state index contributed by atoms with van der Waals surface area (Å²) in [6.07, 6.45) is -1.35. The minimum atomic E-state index is -2.76. The third kappa shape index (κ3) is 1.82. The normalized spacial score (nSPS) is 10.6. The van der Waals surface area contributed by atoms with Gasteiger partial charge in [-0.05, 0) is 0 Å². The quantitative estimate of drug-likeness (QED) is 0.627. The van der Waals surface area contributed by atoms with Crippen molar-refractivity contribution in [1.82, 2.24) is 4.98 Å². The summed E-state index contributed by atoms with van der Waals surface area (Å²) in [4.78, 5) is 14.1. The molecular weight excluding hydrogens is 214 g/mol. The van der Waals surface area contributed by atoms with Crippen LogP contribution in [0.3, 0.4) is 0 Å². The second-order valence-electron chi connectivity index (χ2n) is 2.54. The zero-order chi connectivity index (χ0) is 10.7. The Hall–Kier alpha value is -1.23. The fourth-order valence-corrected chi connectivity index (χ4v) is 1.38. The molecule has 1 aromatic rings. The number of anilines is 1. The summed E-state index contributed by atoms with van der Waals surface area (Å²) >= 11 is 5.44. The van der Waals surface area contributed by atoms with Crippen LogP contribution in [0.1, 0.15) is 28.0 Å². The predicted octanol–water partition coefficient (Wildman–Crippen LogP) is 2.15. The van der Waals surface area contributed by atoms with E-state index in [9.17, 15) is 13.6 Å². The summed E-state index contributed by atoms with van der Waals surface area (Å²) in [5.74, 6) is -0.216. The van der Waals surface area contributed by atoms with Crippen LogP contribution >= 0.6 is 11.6 Å². The molecule has 0 unspecified atom stereocenters. The van der Waals surface area contributed by atoms with Crippen LogP contribution in [0.15, 0.2) is 6.20 Å². The Morgan fingerprint density at radius 1 is 1.64 bits per heavy atom. The summed E-state index contributed by atoms with van der Waals surface area (Å²) in [5.41, 5.74) is 4.65. The fourth-order valence-electron chi connectivity index (χ4n) is 1.10. The second-order valence-corrected chi connectivity index (χ2v) is 2.81. The van der Waals surface area contributed by atoms with E-state index in [4.69, 9.17) is 17.3 Å². The highest BCUT2D eigenvalue weighted by molar-refractivity contribution is 6.17. The number of hydrogen-bond acceptors (Lipinski definition) is 3. The molecule has 0 aliphatic rings. The Morgan fingerprint density at radius 2 is 2.29 bits per heavy atom. The van der Waals surface area contributed by atoms with Crippen molar-refractivity contribution in [1.29, 1.82) is 0 Å². The predicted molar refractivity (Wildman–Crippen MR) is 48.6 cm³/mol. The number of halogens is 3. The van der Waals surface area contributed by atoms with Gasteiger partial charge in [-0.1, -0.05) is 0 Å². The SMILES string of the molecule is Nc1cnc(C=O)c(CCl)c1C(F)F. The zero-order valence-corrected chi connectivity index (χ0v) is 7.76. The number of pyridine rings is 1. The van der Waals surface area contributed by atoms with E-state index < -0.39 is 12.0 Å². The van der Waals surface area contributed by atoms with Crippen molar-refractivity contribution < 1.29 is 13.6 Å². The molecule has 0 bridgehead atoms. The minimum Gasteiger partial charge on any atom is -0.397 e. The summed E-state index contributed by atoms with van der Waals surface area (Å²) in [6, 6.07) is 0. The summed E-state index contributed by atoms with van der Waals surface area (Å²) in [5, 5.41) is 0. The van der Waals surface area contributed by atoms with Crippen LogP contribution in [0.2, 0.25) is 0 Å². The molecule has 0 saturated carbocycles. The Morgan fingerprint density at radius 3 is 2.71 bits per heavy atom. The Bertz CT molecular complexity index is 357. The number of nitrogen functional groups attached to an aromatic ring is 1. The molecule has 0 spiro atoms. The van der Waals surface area contributed by atoms with Crippen molar-refractivity contribution in [2.75, 3.05) is 5.73 Å². The third-order valence-electron chi connectivity index (χ3n) is 1.75. The van der Waals surface area contributed by atoms with Crippen LogP contribution in [0, 0.1) is 0 Å². The monoisotopic (exact) mass is 220 g/mol. The van der Waals surface area contributed by atoms with Crippen LogP contribution in [0.25, 0.3) is 0 Å². The zero-order valence-electron chi connectivity index (χ0n) is 7.01. The standard InChI is InChI=1S/C8H7ClF2N2O/c9-1-4-6(3-14)13-2-5(12)7(4)8(10)11/h2-3,8H,1,12H2. The van der Waals surface area contributed by atoms with E-state index in [-0.39, 0.29) is 22.8 Å². The van der Waals surface area contributed by atoms with Gasteiger partial charge in [-0.15, -0.1) is 11.6 Å². The first-order chi connectivity index (χ1) is 6.61. The first-order valence-corrected chi connectivity index (χ1v) is 4.21. The van der Waals surface area contributed by atoms with E-state index in [1.54, 1.807) is 0 Å². The molecule has 0 amide bonds. The van der Waals surface area contributed by atoms with Gasteiger partial charge in [-0.3, -0.25) is 9.78 Å². The fraction of sp³-hybridized carbons (Fsp3) is 0.250. The van der Waals surface area contributed by atoms with E-state index in [2.05, 4.69) is 4.98 Å². The maximum absolute atomic E-state index is 12.5. The largest absolute Gasteiger partial charge is 0.397 e. The smallest absolute Gasteiger partial charge is 0.266 e. The number of alkyl halides is 3. The van der Waals surface area contributed by atoms with Gasteiger partial charge in [0.25, 0.3) is 6.43 Å². The molecule has 1 rings (SSSR count). The highest BCUT2D eigenvalue weighted by Gasteiger charge is 2.19. The molecule has 0 saturated heterocycles. The van der Waals surface area contributed by atoms with E-state index in [0.29, 0.717) is 6.29 Å².